The van der Waals surface area contributed by atoms with Crippen LogP contribution in [-0.4, -0.2) is 30.2 Å². The van der Waals surface area contributed by atoms with Crippen molar-refractivity contribution in [2.24, 2.45) is 17.3 Å². The maximum Gasteiger partial charge on any atom is 0.314 e. The molecule has 1 rings (SSSR count). The monoisotopic (exact) mass is 298 g/mol. The average Bonchev–Trinajstić information content (AvgIpc) is 2.84. The maximum absolute atomic E-state index is 11.8. The van der Waals surface area contributed by atoms with Crippen LogP contribution in [0.25, 0.3) is 0 Å². The van der Waals surface area contributed by atoms with E-state index in [4.69, 9.17) is 5.11 Å². The van der Waals surface area contributed by atoms with E-state index in [2.05, 4.69) is 24.5 Å². The quantitative estimate of drug-likeness (QED) is 0.644. The smallest absolute Gasteiger partial charge is 0.314 e. The zero-order valence-corrected chi connectivity index (χ0v) is 13.6. The molecule has 1 aliphatic carbocycles. The first kappa shape index (κ1) is 17.8. The minimum absolute atomic E-state index is 0.178. The summed E-state index contributed by atoms with van der Waals surface area (Å²) in [6.07, 6.45) is 6.52. The summed E-state index contributed by atoms with van der Waals surface area (Å²) in [6.45, 7) is 7.24. The van der Waals surface area contributed by atoms with Crippen LogP contribution < -0.4 is 10.6 Å². The Morgan fingerprint density at radius 2 is 1.76 bits per heavy atom. The second-order valence-electron chi connectivity index (χ2n) is 6.94. The third kappa shape index (κ3) is 6.36. The van der Waals surface area contributed by atoms with E-state index in [1.807, 2.05) is 0 Å². The van der Waals surface area contributed by atoms with Crippen LogP contribution in [-0.2, 0) is 4.79 Å². The zero-order valence-electron chi connectivity index (χ0n) is 13.6. The number of urea groups is 1. The molecule has 3 N–H and O–H groups in total. The molecule has 0 heterocycles. The summed E-state index contributed by atoms with van der Waals surface area (Å²) in [6, 6.07) is -0.178. The average molecular weight is 298 g/mol. The van der Waals surface area contributed by atoms with E-state index in [1.165, 1.54) is 25.7 Å². The van der Waals surface area contributed by atoms with Gasteiger partial charge in [0.25, 0.3) is 0 Å². The van der Waals surface area contributed by atoms with Crippen LogP contribution in [0.5, 0.6) is 0 Å². The molecule has 0 radical (unpaired) electrons. The summed E-state index contributed by atoms with van der Waals surface area (Å²) in [7, 11) is 0. The first-order valence-corrected chi connectivity index (χ1v) is 8.09. The van der Waals surface area contributed by atoms with Crippen LogP contribution in [0.2, 0.25) is 0 Å². The van der Waals surface area contributed by atoms with Gasteiger partial charge in [0, 0.05) is 13.1 Å². The predicted octanol–water partition coefficient (Wildman–Crippen LogP) is 3.00. The Morgan fingerprint density at radius 3 is 2.29 bits per heavy atom. The van der Waals surface area contributed by atoms with Crippen molar-refractivity contribution < 1.29 is 14.7 Å². The second-order valence-corrected chi connectivity index (χ2v) is 6.94. The van der Waals surface area contributed by atoms with E-state index in [0.717, 1.165) is 13.0 Å². The van der Waals surface area contributed by atoms with Gasteiger partial charge >= 0.3 is 12.0 Å². The Balaban J connectivity index is 2.29. The molecule has 0 spiro atoms. The van der Waals surface area contributed by atoms with Crippen LogP contribution in [0, 0.1) is 17.3 Å². The van der Waals surface area contributed by atoms with E-state index in [1.54, 1.807) is 6.92 Å². The second kappa shape index (κ2) is 8.25. The fourth-order valence-electron chi connectivity index (χ4n) is 3.30. The highest BCUT2D eigenvalue weighted by atomic mass is 16.4. The van der Waals surface area contributed by atoms with E-state index in [9.17, 15) is 9.59 Å². The van der Waals surface area contributed by atoms with E-state index in [0.29, 0.717) is 18.9 Å². The number of carboxylic acids is 1. The first-order chi connectivity index (χ1) is 9.84. The zero-order chi connectivity index (χ0) is 15.9. The van der Waals surface area contributed by atoms with E-state index < -0.39 is 11.9 Å². The molecule has 1 unspecified atom stereocenters. The van der Waals surface area contributed by atoms with Crippen molar-refractivity contribution in [3.8, 4) is 0 Å². The summed E-state index contributed by atoms with van der Waals surface area (Å²) >= 11 is 0. The summed E-state index contributed by atoms with van der Waals surface area (Å²) in [5.74, 6) is -0.601. The normalized spacial score (nSPS) is 18.5. The van der Waals surface area contributed by atoms with Crippen molar-refractivity contribution in [2.45, 2.75) is 59.3 Å². The Labute approximate surface area is 127 Å². The number of carboxylic acid groups (broad SMARTS) is 1. The Kier molecular flexibility index (Phi) is 6.99. The lowest BCUT2D eigenvalue weighted by molar-refractivity contribution is -0.141. The Bertz CT molecular complexity index is 349. The van der Waals surface area contributed by atoms with Crippen molar-refractivity contribution in [3.05, 3.63) is 0 Å². The third-order valence-corrected chi connectivity index (χ3v) is 4.41. The van der Waals surface area contributed by atoms with Gasteiger partial charge in [-0.25, -0.2) is 4.79 Å². The molecule has 0 saturated heterocycles. The molecule has 1 saturated carbocycles. The van der Waals surface area contributed by atoms with E-state index >= 15 is 0 Å². The molecule has 5 nitrogen and oxygen atoms in total. The number of hydrogen-bond donors (Lipinski definition) is 3. The Morgan fingerprint density at radius 1 is 1.14 bits per heavy atom. The summed E-state index contributed by atoms with van der Waals surface area (Å²) in [5, 5.41) is 14.5. The molecule has 1 aliphatic rings. The molecule has 0 bridgehead atoms. The first-order valence-electron chi connectivity index (χ1n) is 8.09. The lowest BCUT2D eigenvalue weighted by atomic mass is 9.78. The molecule has 0 aromatic heterocycles. The molecule has 122 valence electrons. The number of rotatable bonds is 8. The summed E-state index contributed by atoms with van der Waals surface area (Å²) in [5.41, 5.74) is 0.264. The molecular weight excluding hydrogens is 268 g/mol. The molecule has 1 fully saturated rings. The highest BCUT2D eigenvalue weighted by Crippen LogP contribution is 2.42. The largest absolute Gasteiger partial charge is 0.481 e. The van der Waals surface area contributed by atoms with Gasteiger partial charge in [-0.3, -0.25) is 4.79 Å². The predicted molar refractivity (Wildman–Crippen MR) is 83.2 cm³/mol. The van der Waals surface area contributed by atoms with Gasteiger partial charge in [-0.2, -0.15) is 0 Å². The van der Waals surface area contributed by atoms with Gasteiger partial charge < -0.3 is 15.7 Å². The topological polar surface area (TPSA) is 78.4 Å². The van der Waals surface area contributed by atoms with Gasteiger partial charge in [-0.15, -0.1) is 0 Å². The fourth-order valence-corrected chi connectivity index (χ4v) is 3.30. The van der Waals surface area contributed by atoms with Crippen molar-refractivity contribution >= 4 is 12.0 Å². The van der Waals surface area contributed by atoms with Gasteiger partial charge in [0.1, 0.15) is 0 Å². The molecule has 2 amide bonds. The van der Waals surface area contributed by atoms with Crippen LogP contribution in [0.4, 0.5) is 4.79 Å². The van der Waals surface area contributed by atoms with Crippen molar-refractivity contribution in [2.75, 3.05) is 13.1 Å². The molecular formula is C16H30N2O3. The molecule has 5 heteroatoms. The number of nitrogens with one attached hydrogen (secondary N) is 2. The number of carbonyl (C=O) groups excluding carboxylic acids is 1. The maximum atomic E-state index is 11.8. The van der Waals surface area contributed by atoms with Gasteiger partial charge in [0.05, 0.1) is 5.92 Å². The third-order valence-electron chi connectivity index (χ3n) is 4.41. The van der Waals surface area contributed by atoms with Crippen molar-refractivity contribution in [3.63, 3.8) is 0 Å². The molecule has 0 aromatic rings. The fraction of sp³-hybridized carbons (Fsp3) is 0.875. The lowest BCUT2D eigenvalue weighted by Crippen LogP contribution is -2.42. The van der Waals surface area contributed by atoms with Crippen LogP contribution in [0.15, 0.2) is 0 Å². The van der Waals surface area contributed by atoms with Crippen LogP contribution in [0.3, 0.4) is 0 Å². The Hall–Kier alpha value is -1.26. The summed E-state index contributed by atoms with van der Waals surface area (Å²) < 4.78 is 0. The number of amides is 2. The highest BCUT2D eigenvalue weighted by molar-refractivity contribution is 5.74. The molecule has 21 heavy (non-hydrogen) atoms. The molecule has 1 atom stereocenters. The SMILES string of the molecule is CC(C)CC1(CNC(=O)NCCC(C)C(=O)O)CCCC1. The number of aliphatic carboxylic acids is 1. The van der Waals surface area contributed by atoms with Crippen LogP contribution >= 0.6 is 0 Å². The van der Waals surface area contributed by atoms with Crippen LogP contribution in [0.1, 0.15) is 59.3 Å². The standard InChI is InChI=1S/C16H30N2O3/c1-12(2)10-16(7-4-5-8-16)11-18-15(21)17-9-6-13(3)14(19)20/h12-13H,4-11H2,1-3H3,(H,19,20)(H2,17,18,21). The minimum Gasteiger partial charge on any atom is -0.481 e. The van der Waals surface area contributed by atoms with Crippen molar-refractivity contribution in [1.29, 1.82) is 0 Å². The lowest BCUT2D eigenvalue weighted by Gasteiger charge is -2.31. The summed E-state index contributed by atoms with van der Waals surface area (Å²) in [4.78, 5) is 22.5. The minimum atomic E-state index is -0.820. The number of hydrogen-bond acceptors (Lipinski definition) is 2. The van der Waals surface area contributed by atoms with Crippen molar-refractivity contribution in [1.82, 2.24) is 10.6 Å². The molecule has 0 aromatic carbocycles. The highest BCUT2D eigenvalue weighted by Gasteiger charge is 2.34. The van der Waals surface area contributed by atoms with Gasteiger partial charge in [0.2, 0.25) is 0 Å². The van der Waals surface area contributed by atoms with Gasteiger partial charge in [0.15, 0.2) is 0 Å². The van der Waals surface area contributed by atoms with E-state index in [-0.39, 0.29) is 11.4 Å². The number of carbonyl (C=O) groups is 2. The molecule has 0 aliphatic heterocycles. The van der Waals surface area contributed by atoms with Gasteiger partial charge in [-0.05, 0) is 37.0 Å². The van der Waals surface area contributed by atoms with Gasteiger partial charge in [-0.1, -0.05) is 33.6 Å².